The van der Waals surface area contributed by atoms with Crippen molar-refractivity contribution in [2.24, 2.45) is 7.05 Å². The van der Waals surface area contributed by atoms with Crippen LogP contribution in [0.4, 0.5) is 0 Å². The second-order valence-electron chi connectivity index (χ2n) is 7.64. The summed E-state index contributed by atoms with van der Waals surface area (Å²) < 4.78 is 5.97. The molecule has 28 heavy (non-hydrogen) atoms. The van der Waals surface area contributed by atoms with Crippen molar-refractivity contribution in [1.82, 2.24) is 9.38 Å². The minimum Gasteiger partial charge on any atom is -0.302 e. The van der Waals surface area contributed by atoms with E-state index >= 15 is 0 Å². The van der Waals surface area contributed by atoms with E-state index in [1.54, 1.807) is 0 Å². The lowest BCUT2D eigenvalue weighted by atomic mass is 9.95. The molecule has 4 aromatic heterocycles. The Labute approximate surface area is 164 Å². The molecule has 0 bridgehead atoms. The summed E-state index contributed by atoms with van der Waals surface area (Å²) >= 11 is 1.84. The van der Waals surface area contributed by atoms with Gasteiger partial charge in [-0.15, -0.1) is 11.3 Å². The predicted molar refractivity (Wildman–Crippen MR) is 118 cm³/mol. The minimum atomic E-state index is 1.16. The fraction of sp³-hybridized carbons (Fsp3) is 0.0833. The maximum atomic E-state index is 4.53. The van der Waals surface area contributed by atoms with E-state index in [0.29, 0.717) is 0 Å². The monoisotopic (exact) mass is 378 g/mol. The van der Waals surface area contributed by atoms with Gasteiger partial charge in [0.15, 0.2) is 11.7 Å². The van der Waals surface area contributed by atoms with Crippen LogP contribution in [-0.2, 0) is 7.05 Å². The van der Waals surface area contributed by atoms with E-state index in [-0.39, 0.29) is 0 Å². The van der Waals surface area contributed by atoms with Crippen molar-refractivity contribution < 1.29 is 4.57 Å². The molecule has 0 unspecified atom stereocenters. The zero-order chi connectivity index (χ0) is 18.6. The fourth-order valence-electron chi connectivity index (χ4n) is 5.15. The summed E-state index contributed by atoms with van der Waals surface area (Å²) in [6.45, 7) is 2.27. The first-order valence-electron chi connectivity index (χ1n) is 9.45. The average molecular weight is 378 g/mol. The molecular weight excluding hydrogens is 362 g/mol. The zero-order valence-electron chi connectivity index (χ0n) is 15.5. The van der Waals surface area contributed by atoms with E-state index in [1.807, 2.05) is 23.9 Å². The summed E-state index contributed by atoms with van der Waals surface area (Å²) in [5, 5.41) is 10.3. The maximum Gasteiger partial charge on any atom is 0.286 e. The van der Waals surface area contributed by atoms with Gasteiger partial charge in [-0.25, -0.2) is 4.57 Å². The molecule has 132 valence electrons. The van der Waals surface area contributed by atoms with E-state index in [1.165, 1.54) is 59.1 Å². The van der Waals surface area contributed by atoms with E-state index in [9.17, 15) is 0 Å². The van der Waals surface area contributed by atoms with Gasteiger partial charge in [-0.2, -0.15) is 0 Å². The number of fused-ring (bicyclic) bond motifs is 8. The average Bonchev–Trinajstić information content (AvgIpc) is 3.33. The first kappa shape index (κ1) is 14.8. The first-order valence-corrected chi connectivity index (χ1v) is 10.3. The second-order valence-corrected chi connectivity index (χ2v) is 8.55. The van der Waals surface area contributed by atoms with E-state index in [0.717, 1.165) is 5.52 Å². The molecule has 4 heterocycles. The van der Waals surface area contributed by atoms with Crippen LogP contribution in [0.15, 0.2) is 60.4 Å². The lowest BCUT2D eigenvalue weighted by Gasteiger charge is -2.14. The molecule has 0 aliphatic heterocycles. The number of thiophene rings is 1. The molecule has 0 amide bonds. The molecule has 0 fully saturated rings. The highest BCUT2D eigenvalue weighted by atomic mass is 32.1. The van der Waals surface area contributed by atoms with E-state index < -0.39 is 0 Å². The Morgan fingerprint density at radius 2 is 1.75 bits per heavy atom. The van der Waals surface area contributed by atoms with Gasteiger partial charge < -0.3 is 4.40 Å². The van der Waals surface area contributed by atoms with Gasteiger partial charge in [-0.05, 0) is 35.4 Å². The van der Waals surface area contributed by atoms with Gasteiger partial charge in [-0.1, -0.05) is 35.3 Å². The number of aryl methyl sites for hydroxylation is 2. The second kappa shape index (κ2) is 4.78. The molecule has 0 N–H and O–H groups in total. The Bertz CT molecular complexity index is 1740. The number of hydrogen-bond acceptors (Lipinski definition) is 2. The number of aromatic nitrogens is 3. The highest BCUT2D eigenvalue weighted by molar-refractivity contribution is 7.18. The molecule has 0 atom stereocenters. The molecule has 0 saturated carbocycles. The molecule has 3 aromatic carbocycles. The van der Waals surface area contributed by atoms with E-state index in [2.05, 4.69) is 75.8 Å². The smallest absolute Gasteiger partial charge is 0.286 e. The summed E-state index contributed by atoms with van der Waals surface area (Å²) in [6, 6.07) is 15.6. The molecule has 0 spiro atoms. The van der Waals surface area contributed by atoms with Crippen LogP contribution in [0, 0.1) is 6.92 Å². The number of benzene rings is 3. The molecular formula is C24H16N3S+. The zero-order valence-corrected chi connectivity index (χ0v) is 16.3. The van der Waals surface area contributed by atoms with Crippen molar-refractivity contribution in [3.8, 4) is 0 Å². The van der Waals surface area contributed by atoms with Gasteiger partial charge in [0.05, 0.1) is 18.1 Å². The van der Waals surface area contributed by atoms with E-state index in [4.69, 9.17) is 0 Å². The Hall–Kier alpha value is -3.24. The summed E-state index contributed by atoms with van der Waals surface area (Å²) in [6.07, 6.45) is 3.93. The standard InChI is InChI=1S/C24H16N3S/c1-13-14-9-10-28-24(14)17-8-7-16-15-5-3-4-6-18(15)27-19-11-25-12-26(2)23(19)20(13)21(17)22(16)27/h3-12H,1-2H3/q+1. The van der Waals surface area contributed by atoms with Gasteiger partial charge in [0.1, 0.15) is 5.52 Å². The van der Waals surface area contributed by atoms with Crippen molar-refractivity contribution in [2.45, 2.75) is 6.92 Å². The van der Waals surface area contributed by atoms with Crippen LogP contribution < -0.4 is 4.57 Å². The highest BCUT2D eigenvalue weighted by Crippen LogP contribution is 2.45. The maximum absolute atomic E-state index is 4.53. The third-order valence-electron chi connectivity index (χ3n) is 6.29. The number of pyridine rings is 1. The van der Waals surface area contributed by atoms with Crippen LogP contribution >= 0.6 is 11.3 Å². The summed E-state index contributed by atoms with van der Waals surface area (Å²) in [4.78, 5) is 4.53. The van der Waals surface area contributed by atoms with Gasteiger partial charge >= 0.3 is 0 Å². The Morgan fingerprint density at radius 3 is 2.68 bits per heavy atom. The molecule has 7 aromatic rings. The molecule has 0 aliphatic carbocycles. The SMILES string of the molecule is Cc1c2ccsc2c2ccc3c4ccccc4n4c5cnc[n+](C)c5c1c2c34. The third-order valence-corrected chi connectivity index (χ3v) is 7.23. The highest BCUT2D eigenvalue weighted by Gasteiger charge is 2.24. The number of nitrogens with zero attached hydrogens (tertiary/aromatic N) is 3. The molecule has 3 nitrogen and oxygen atoms in total. The quantitative estimate of drug-likeness (QED) is 0.187. The van der Waals surface area contributed by atoms with Gasteiger partial charge in [-0.3, -0.25) is 0 Å². The van der Waals surface area contributed by atoms with Crippen molar-refractivity contribution in [1.29, 1.82) is 0 Å². The Kier molecular flexibility index (Phi) is 2.52. The van der Waals surface area contributed by atoms with Crippen LogP contribution in [-0.4, -0.2) is 9.38 Å². The Balaban J connectivity index is 2.04. The number of para-hydroxylation sites is 1. The topological polar surface area (TPSA) is 21.2 Å². The lowest BCUT2D eigenvalue weighted by Crippen LogP contribution is -2.30. The summed E-state index contributed by atoms with van der Waals surface area (Å²) in [5.41, 5.74) is 6.32. The van der Waals surface area contributed by atoms with Crippen LogP contribution in [0.1, 0.15) is 5.56 Å². The molecule has 0 radical (unpaired) electrons. The van der Waals surface area contributed by atoms with Crippen LogP contribution in [0.5, 0.6) is 0 Å². The summed E-state index contributed by atoms with van der Waals surface area (Å²) in [5.74, 6) is 0. The van der Waals surface area contributed by atoms with Crippen LogP contribution in [0.2, 0.25) is 0 Å². The molecule has 7 rings (SSSR count). The lowest BCUT2D eigenvalue weighted by molar-refractivity contribution is -0.647. The largest absolute Gasteiger partial charge is 0.302 e. The molecule has 4 heteroatoms. The summed E-state index contributed by atoms with van der Waals surface area (Å²) in [7, 11) is 2.10. The van der Waals surface area contributed by atoms with Gasteiger partial charge in [0.25, 0.3) is 6.33 Å². The number of rotatable bonds is 0. The van der Waals surface area contributed by atoms with Gasteiger partial charge in [0.2, 0.25) is 0 Å². The van der Waals surface area contributed by atoms with Crippen molar-refractivity contribution in [2.75, 3.05) is 0 Å². The fourth-order valence-corrected chi connectivity index (χ4v) is 6.14. The van der Waals surface area contributed by atoms with Crippen molar-refractivity contribution >= 4 is 70.4 Å². The first-order chi connectivity index (χ1) is 13.8. The van der Waals surface area contributed by atoms with Crippen LogP contribution in [0.3, 0.4) is 0 Å². The molecule has 0 saturated heterocycles. The van der Waals surface area contributed by atoms with Crippen molar-refractivity contribution in [3.05, 3.63) is 65.9 Å². The van der Waals surface area contributed by atoms with Gasteiger partial charge in [0, 0.05) is 31.6 Å². The number of hydrogen-bond donors (Lipinski definition) is 0. The third kappa shape index (κ3) is 1.50. The Morgan fingerprint density at radius 1 is 0.893 bits per heavy atom. The van der Waals surface area contributed by atoms with Crippen molar-refractivity contribution in [3.63, 3.8) is 0 Å². The molecule has 0 aliphatic rings. The normalized spacial score (nSPS) is 12.6. The minimum absolute atomic E-state index is 1.16. The van der Waals surface area contributed by atoms with Crippen LogP contribution in [0.25, 0.3) is 59.1 Å². The predicted octanol–water partition coefficient (Wildman–Crippen LogP) is 5.73.